The lowest BCUT2D eigenvalue weighted by atomic mass is 10.0. The molecule has 1 amide bonds. The molecule has 0 atom stereocenters. The van der Waals surface area contributed by atoms with Crippen molar-refractivity contribution in [1.29, 1.82) is 0 Å². The molecule has 6 nitrogen and oxygen atoms in total. The number of carbonyl (C=O) groups excluding carboxylic acids is 2. The number of allylic oxidation sites excluding steroid dienone is 1. The maximum Gasteiger partial charge on any atom is 0.340 e. The van der Waals surface area contributed by atoms with Crippen LogP contribution in [0.15, 0.2) is 51.6 Å². The Bertz CT molecular complexity index is 1160. The first kappa shape index (κ1) is 21.2. The van der Waals surface area contributed by atoms with Crippen molar-refractivity contribution in [2.45, 2.75) is 27.7 Å². The van der Waals surface area contributed by atoms with Crippen LogP contribution < -0.4 is 14.4 Å². The molecule has 4 rings (SSSR count). The number of rotatable bonds is 4. The van der Waals surface area contributed by atoms with E-state index in [0.717, 1.165) is 15.6 Å². The number of esters is 1. The number of hydrogen-bond donors (Lipinski definition) is 0. The van der Waals surface area contributed by atoms with Gasteiger partial charge in [0.25, 0.3) is 5.91 Å². The Kier molecular flexibility index (Phi) is 5.62. The molecule has 0 saturated carbocycles. The van der Waals surface area contributed by atoms with Gasteiger partial charge >= 0.3 is 5.97 Å². The van der Waals surface area contributed by atoms with Crippen molar-refractivity contribution in [3.05, 3.63) is 68.3 Å². The van der Waals surface area contributed by atoms with E-state index in [9.17, 15) is 9.59 Å². The number of amides is 1. The molecule has 2 aliphatic heterocycles. The van der Waals surface area contributed by atoms with E-state index in [1.807, 2.05) is 32.0 Å². The first-order valence-electron chi connectivity index (χ1n) is 9.92. The Morgan fingerprint density at radius 2 is 1.84 bits per heavy atom. The first-order valence-corrected chi connectivity index (χ1v) is 10.7. The summed E-state index contributed by atoms with van der Waals surface area (Å²) in [6, 6.07) is 9.36. The van der Waals surface area contributed by atoms with Crippen LogP contribution in [0.3, 0.4) is 0 Å². The quantitative estimate of drug-likeness (QED) is 0.449. The molecule has 2 heterocycles. The fraction of sp³-hybridized carbons (Fsp3) is 0.250. The number of hydrogen-bond acceptors (Lipinski definition) is 5. The SMILES string of the molecule is CCOC(=O)C1=C(C)N(c2ccc(C)c(C)c2)C(=O)/C1=C\c1cc2c(cc1Br)OCO2. The maximum absolute atomic E-state index is 13.5. The Labute approximate surface area is 189 Å². The highest BCUT2D eigenvalue weighted by Crippen LogP contribution is 2.40. The Hall–Kier alpha value is -3.06. The van der Waals surface area contributed by atoms with Crippen molar-refractivity contribution in [3.63, 3.8) is 0 Å². The molecule has 2 aliphatic rings. The molecule has 0 unspecified atom stereocenters. The smallest absolute Gasteiger partial charge is 0.340 e. The third-order valence-electron chi connectivity index (χ3n) is 5.42. The van der Waals surface area contributed by atoms with Crippen LogP contribution in [0.25, 0.3) is 6.08 Å². The van der Waals surface area contributed by atoms with E-state index in [1.165, 1.54) is 0 Å². The van der Waals surface area contributed by atoms with Gasteiger partial charge in [-0.05, 0) is 74.7 Å². The third kappa shape index (κ3) is 3.74. The molecule has 31 heavy (non-hydrogen) atoms. The van der Waals surface area contributed by atoms with Gasteiger partial charge in [0.1, 0.15) is 0 Å². The number of aryl methyl sites for hydroxylation is 2. The Morgan fingerprint density at radius 3 is 2.52 bits per heavy atom. The molecule has 0 radical (unpaired) electrons. The monoisotopic (exact) mass is 483 g/mol. The van der Waals surface area contributed by atoms with E-state index >= 15 is 0 Å². The van der Waals surface area contributed by atoms with E-state index in [-0.39, 0.29) is 30.5 Å². The number of fused-ring (bicyclic) bond motifs is 1. The number of carbonyl (C=O) groups is 2. The molecule has 0 N–H and O–H groups in total. The molecule has 2 aromatic rings. The standard InChI is InChI=1S/C24H22BrNO5/c1-5-29-24(28)22-15(4)26(17-7-6-13(2)14(3)8-17)23(27)18(22)9-16-10-20-21(11-19(16)25)31-12-30-20/h6-11H,5,12H2,1-4H3/b18-9-. The van der Waals surface area contributed by atoms with Gasteiger partial charge < -0.3 is 14.2 Å². The highest BCUT2D eigenvalue weighted by Gasteiger charge is 2.38. The minimum Gasteiger partial charge on any atom is -0.462 e. The molecular weight excluding hydrogens is 462 g/mol. The average molecular weight is 484 g/mol. The van der Waals surface area contributed by atoms with E-state index in [2.05, 4.69) is 15.9 Å². The molecule has 2 aromatic carbocycles. The van der Waals surface area contributed by atoms with E-state index in [1.54, 1.807) is 37.0 Å². The van der Waals surface area contributed by atoms with Gasteiger partial charge in [-0.2, -0.15) is 0 Å². The summed E-state index contributed by atoms with van der Waals surface area (Å²) in [6.45, 7) is 7.87. The number of benzene rings is 2. The maximum atomic E-state index is 13.5. The van der Waals surface area contributed by atoms with Gasteiger partial charge in [-0.1, -0.05) is 22.0 Å². The highest BCUT2D eigenvalue weighted by molar-refractivity contribution is 9.10. The molecule has 160 valence electrons. The minimum atomic E-state index is -0.525. The van der Waals surface area contributed by atoms with Crippen molar-refractivity contribution < 1.29 is 23.8 Å². The number of anilines is 1. The van der Waals surface area contributed by atoms with Gasteiger partial charge in [0.15, 0.2) is 11.5 Å². The zero-order valence-electron chi connectivity index (χ0n) is 17.7. The van der Waals surface area contributed by atoms with E-state index < -0.39 is 5.97 Å². The first-order chi connectivity index (χ1) is 14.8. The van der Waals surface area contributed by atoms with Gasteiger partial charge in [0.05, 0.1) is 17.8 Å². The number of ether oxygens (including phenoxy) is 3. The van der Waals surface area contributed by atoms with Crippen LogP contribution in [-0.4, -0.2) is 25.3 Å². The third-order valence-corrected chi connectivity index (χ3v) is 6.11. The average Bonchev–Trinajstić information content (AvgIpc) is 3.26. The van der Waals surface area contributed by atoms with Crippen LogP contribution in [0.1, 0.15) is 30.5 Å². The van der Waals surface area contributed by atoms with Crippen molar-refractivity contribution in [2.75, 3.05) is 18.3 Å². The van der Waals surface area contributed by atoms with Crippen LogP contribution in [0.5, 0.6) is 11.5 Å². The fourth-order valence-electron chi connectivity index (χ4n) is 3.66. The minimum absolute atomic E-state index is 0.147. The van der Waals surface area contributed by atoms with Crippen LogP contribution in [0, 0.1) is 13.8 Å². The summed E-state index contributed by atoms with van der Waals surface area (Å²) >= 11 is 3.52. The zero-order valence-corrected chi connectivity index (χ0v) is 19.3. The molecule has 0 aromatic heterocycles. The molecule has 0 spiro atoms. The topological polar surface area (TPSA) is 65.1 Å². The van der Waals surface area contributed by atoms with Crippen molar-refractivity contribution in [3.8, 4) is 11.5 Å². The fourth-order valence-corrected chi connectivity index (χ4v) is 4.09. The Balaban J connectivity index is 1.85. The van der Waals surface area contributed by atoms with Crippen LogP contribution >= 0.6 is 15.9 Å². The molecule has 0 fully saturated rings. The summed E-state index contributed by atoms with van der Waals surface area (Å²) in [7, 11) is 0. The van der Waals surface area contributed by atoms with Gasteiger partial charge in [0, 0.05) is 15.9 Å². The second-order valence-electron chi connectivity index (χ2n) is 7.38. The molecule has 7 heteroatoms. The lowest BCUT2D eigenvalue weighted by Gasteiger charge is -2.19. The molecule has 0 bridgehead atoms. The van der Waals surface area contributed by atoms with Crippen LogP contribution in [0.4, 0.5) is 5.69 Å². The largest absolute Gasteiger partial charge is 0.462 e. The summed E-state index contributed by atoms with van der Waals surface area (Å²) in [5.74, 6) is 0.405. The van der Waals surface area contributed by atoms with Crippen molar-refractivity contribution in [2.24, 2.45) is 0 Å². The van der Waals surface area contributed by atoms with Gasteiger partial charge in [0.2, 0.25) is 6.79 Å². The van der Waals surface area contributed by atoms with Crippen LogP contribution in [0.2, 0.25) is 0 Å². The lowest BCUT2D eigenvalue weighted by molar-refractivity contribution is -0.138. The second-order valence-corrected chi connectivity index (χ2v) is 8.23. The predicted octanol–water partition coefficient (Wildman–Crippen LogP) is 5.06. The highest BCUT2D eigenvalue weighted by atomic mass is 79.9. The summed E-state index contributed by atoms with van der Waals surface area (Å²) in [6.07, 6.45) is 1.69. The second kappa shape index (κ2) is 8.23. The summed E-state index contributed by atoms with van der Waals surface area (Å²) in [5.41, 5.74) is 4.66. The zero-order chi connectivity index (χ0) is 22.3. The predicted molar refractivity (Wildman–Crippen MR) is 121 cm³/mol. The normalized spacial score (nSPS) is 16.5. The lowest BCUT2D eigenvalue weighted by Crippen LogP contribution is -2.24. The summed E-state index contributed by atoms with van der Waals surface area (Å²) in [5, 5.41) is 0. The molecule has 0 saturated heterocycles. The van der Waals surface area contributed by atoms with Gasteiger partial charge in [-0.25, -0.2) is 4.79 Å². The number of nitrogens with zero attached hydrogens (tertiary/aromatic N) is 1. The molecular formula is C24H22BrNO5. The van der Waals surface area contributed by atoms with Gasteiger partial charge in [-0.15, -0.1) is 0 Å². The van der Waals surface area contributed by atoms with Crippen molar-refractivity contribution in [1.82, 2.24) is 0 Å². The van der Waals surface area contributed by atoms with E-state index in [4.69, 9.17) is 14.2 Å². The van der Waals surface area contributed by atoms with Crippen LogP contribution in [-0.2, 0) is 14.3 Å². The molecule has 0 aliphatic carbocycles. The summed E-state index contributed by atoms with van der Waals surface area (Å²) in [4.78, 5) is 27.9. The number of halogens is 1. The van der Waals surface area contributed by atoms with Crippen molar-refractivity contribution >= 4 is 39.6 Å². The van der Waals surface area contributed by atoms with Gasteiger partial charge in [-0.3, -0.25) is 9.69 Å². The van der Waals surface area contributed by atoms with E-state index in [0.29, 0.717) is 28.4 Å². The summed E-state index contributed by atoms with van der Waals surface area (Å²) < 4.78 is 16.9. The Morgan fingerprint density at radius 1 is 1.13 bits per heavy atom.